The predicted molar refractivity (Wildman–Crippen MR) is 228 cm³/mol. The van der Waals surface area contributed by atoms with Gasteiger partial charge in [-0.3, -0.25) is 14.4 Å². The maximum Gasteiger partial charge on any atom is 0.422 e. The molecule has 0 radical (unpaired) electrons. The fourth-order valence-electron chi connectivity index (χ4n) is 7.41. The van der Waals surface area contributed by atoms with E-state index < -0.39 is 43.6 Å². The lowest BCUT2D eigenvalue weighted by molar-refractivity contribution is -0.260. The first kappa shape index (κ1) is 47.3. The highest BCUT2D eigenvalue weighted by Crippen LogP contribution is 2.55. The van der Waals surface area contributed by atoms with Crippen molar-refractivity contribution in [3.63, 3.8) is 0 Å². The van der Waals surface area contributed by atoms with Crippen molar-refractivity contribution in [3.8, 4) is 0 Å². The average molecular weight is 923 g/mol. The van der Waals surface area contributed by atoms with Crippen molar-refractivity contribution in [1.29, 1.82) is 0 Å². The van der Waals surface area contributed by atoms with Gasteiger partial charge in [0.05, 0.1) is 43.3 Å². The quantitative estimate of drug-likeness (QED) is 0.140. The summed E-state index contributed by atoms with van der Waals surface area (Å²) in [4.78, 5) is 36.7. The molecule has 1 fully saturated rings. The molecule has 0 saturated carbocycles. The molecule has 0 amide bonds. The zero-order chi connectivity index (χ0) is 44.0. The normalized spacial score (nSPS) is 18.0. The third-order valence-corrected chi connectivity index (χ3v) is 11.9. The van der Waals surface area contributed by atoms with Crippen LogP contribution in [0.2, 0.25) is 39.7 Å². The lowest BCUT2D eigenvalue weighted by Gasteiger charge is -2.39. The number of carbonyl (C=O) groups excluding carboxylic acids is 3. The molecule has 59 heavy (non-hydrogen) atoms. The monoisotopic (exact) mass is 920 g/mol. The van der Waals surface area contributed by atoms with E-state index in [4.69, 9.17) is 65.0 Å². The van der Waals surface area contributed by atoms with Crippen LogP contribution in [0.1, 0.15) is 94.5 Å². The Balaban J connectivity index is 0.000000206. The number of carbonyl (C=O) groups is 3. The molecule has 1 saturated heterocycles. The first-order valence-corrected chi connectivity index (χ1v) is 24.3. The Bertz CT molecular complexity index is 2260. The molecule has 2 aromatic carbocycles. The molecular formula is C42H51Cl4F3N2O7Si. The highest BCUT2D eigenvalue weighted by Gasteiger charge is 2.63. The van der Waals surface area contributed by atoms with Gasteiger partial charge in [-0.15, -0.1) is 0 Å². The second-order valence-corrected chi connectivity index (χ2v) is 24.1. The molecule has 7 rings (SSSR count). The molecule has 9 nitrogen and oxygen atoms in total. The van der Waals surface area contributed by atoms with Gasteiger partial charge in [0.1, 0.15) is 0 Å². The van der Waals surface area contributed by atoms with Crippen LogP contribution in [0, 0.1) is 10.8 Å². The zero-order valence-electron chi connectivity index (χ0n) is 34.8. The number of aryl methyl sites for hydroxylation is 2. The molecule has 0 N–H and O–H groups in total. The van der Waals surface area contributed by atoms with Crippen LogP contribution in [0.4, 0.5) is 13.2 Å². The molecule has 3 aliphatic rings. The van der Waals surface area contributed by atoms with Crippen LogP contribution in [0.3, 0.4) is 0 Å². The largest absolute Gasteiger partial charge is 0.443 e. The first-order valence-electron chi connectivity index (χ1n) is 19.4. The van der Waals surface area contributed by atoms with Crippen LogP contribution in [0.5, 0.6) is 0 Å². The molecule has 1 atom stereocenters. The molecule has 17 heteroatoms. The topological polar surface area (TPSA) is 98.0 Å². The van der Waals surface area contributed by atoms with Gasteiger partial charge in [-0.05, 0) is 129 Å². The maximum atomic E-state index is 14.6. The van der Waals surface area contributed by atoms with Crippen LogP contribution in [0.25, 0.3) is 21.8 Å². The van der Waals surface area contributed by atoms with E-state index in [1.165, 1.54) is 23.5 Å². The SMILES string of the molecule is C1CCOC1.CC(C)(C)C(=O)OCn1c2c(c3cc(Cl)cc(Cl)c31)CCC2(O[Si](C)(C)C)C(F)(F)F.CC(C)(C)C(=O)OCn1c2c(c3cc(Cl)cc(Cl)c31)CCC2=O. The lowest BCUT2D eigenvalue weighted by Crippen LogP contribution is -2.50. The van der Waals surface area contributed by atoms with E-state index in [9.17, 15) is 27.6 Å². The molecular weight excluding hydrogens is 871 g/mol. The van der Waals surface area contributed by atoms with Gasteiger partial charge in [0.2, 0.25) is 0 Å². The van der Waals surface area contributed by atoms with Gasteiger partial charge in [0.15, 0.2) is 33.2 Å². The molecule has 1 unspecified atom stereocenters. The Morgan fingerprint density at radius 2 is 1.22 bits per heavy atom. The van der Waals surface area contributed by atoms with E-state index in [1.54, 1.807) is 77.9 Å². The van der Waals surface area contributed by atoms with E-state index in [-0.39, 0.29) is 42.0 Å². The summed E-state index contributed by atoms with van der Waals surface area (Å²) in [6.07, 6.45) is -1.11. The fraction of sp³-hybridized carbons (Fsp3) is 0.548. The van der Waals surface area contributed by atoms with Crippen molar-refractivity contribution in [2.24, 2.45) is 10.8 Å². The summed E-state index contributed by atoms with van der Waals surface area (Å²) in [5.41, 5.74) is -0.952. The summed E-state index contributed by atoms with van der Waals surface area (Å²) < 4.78 is 68.5. The minimum absolute atomic E-state index is 0.0327. The van der Waals surface area contributed by atoms with Gasteiger partial charge >= 0.3 is 18.1 Å². The zero-order valence-corrected chi connectivity index (χ0v) is 38.8. The minimum Gasteiger partial charge on any atom is -0.443 e. The van der Waals surface area contributed by atoms with E-state index in [1.807, 2.05) is 6.07 Å². The van der Waals surface area contributed by atoms with Crippen LogP contribution in [0.15, 0.2) is 24.3 Å². The van der Waals surface area contributed by atoms with Crippen molar-refractivity contribution < 1.29 is 46.2 Å². The van der Waals surface area contributed by atoms with Gasteiger partial charge in [-0.1, -0.05) is 46.4 Å². The van der Waals surface area contributed by atoms with Crippen LogP contribution in [-0.4, -0.2) is 54.6 Å². The third kappa shape index (κ3) is 10.1. The number of Topliss-reactive ketones (excluding diaryl/α,β-unsaturated/α-hetero) is 1. The summed E-state index contributed by atoms with van der Waals surface area (Å²) in [6.45, 7) is 17.1. The Hall–Kier alpha value is -2.78. The molecule has 1 aliphatic heterocycles. The van der Waals surface area contributed by atoms with Gasteiger partial charge in [-0.2, -0.15) is 13.2 Å². The Morgan fingerprint density at radius 1 is 0.746 bits per heavy atom. The number of aromatic nitrogens is 2. The number of alkyl halides is 3. The van der Waals surface area contributed by atoms with E-state index >= 15 is 0 Å². The summed E-state index contributed by atoms with van der Waals surface area (Å²) >= 11 is 25.0. The smallest absolute Gasteiger partial charge is 0.422 e. The Labute approximate surface area is 363 Å². The number of hydrogen-bond acceptors (Lipinski definition) is 7. The van der Waals surface area contributed by atoms with E-state index in [0.717, 1.165) is 24.2 Å². The Kier molecular flexibility index (Phi) is 14.0. The number of ketones is 1. The molecule has 0 spiro atoms. The van der Waals surface area contributed by atoms with Crippen LogP contribution >= 0.6 is 46.4 Å². The number of esters is 2. The molecule has 0 bridgehead atoms. The number of ether oxygens (including phenoxy) is 3. The van der Waals surface area contributed by atoms with Gasteiger partial charge in [-0.25, -0.2) is 0 Å². The predicted octanol–water partition coefficient (Wildman–Crippen LogP) is 12.5. The van der Waals surface area contributed by atoms with Crippen LogP contribution in [-0.2, 0) is 60.1 Å². The number of nitrogens with zero attached hydrogens (tertiary/aromatic N) is 2. The first-order chi connectivity index (χ1) is 27.2. The van der Waals surface area contributed by atoms with Gasteiger partial charge in [0.25, 0.3) is 0 Å². The summed E-state index contributed by atoms with van der Waals surface area (Å²) in [5.74, 6) is -0.825. The molecule has 324 valence electrons. The maximum absolute atomic E-state index is 14.6. The van der Waals surface area contributed by atoms with E-state index in [0.29, 0.717) is 55.6 Å². The highest BCUT2D eigenvalue weighted by molar-refractivity contribution is 6.69. The van der Waals surface area contributed by atoms with Crippen LogP contribution < -0.4 is 0 Å². The summed E-state index contributed by atoms with van der Waals surface area (Å²) in [7, 11) is -2.64. The van der Waals surface area contributed by atoms with Crippen molar-refractivity contribution in [2.75, 3.05) is 13.2 Å². The highest BCUT2D eigenvalue weighted by atomic mass is 35.5. The van der Waals surface area contributed by atoms with Crippen molar-refractivity contribution in [3.05, 3.63) is 66.9 Å². The molecule has 2 aliphatic carbocycles. The summed E-state index contributed by atoms with van der Waals surface area (Å²) in [5, 5.41) is 2.85. The van der Waals surface area contributed by atoms with Gasteiger partial charge < -0.3 is 27.8 Å². The number of fused-ring (bicyclic) bond motifs is 6. The second kappa shape index (κ2) is 17.5. The fourth-order valence-corrected chi connectivity index (χ4v) is 9.96. The van der Waals surface area contributed by atoms with Crippen molar-refractivity contribution in [2.45, 2.75) is 125 Å². The number of rotatable bonds is 6. The molecule has 2 aromatic heterocycles. The molecule has 4 aromatic rings. The lowest BCUT2D eigenvalue weighted by atomic mass is 9.97. The Morgan fingerprint density at radius 3 is 1.66 bits per heavy atom. The molecule has 3 heterocycles. The van der Waals surface area contributed by atoms with Gasteiger partial charge in [0, 0.05) is 40.5 Å². The standard InChI is InChI=1S/C21H26Cl2F3NO3Si.C17H17Cl2NO3.C4H8O/c1-19(2,3)18(28)29-11-27-16-14(9-12(22)10-15(16)23)13-7-8-20(17(13)27,21(24,25)26)30-31(4,5)6;1-17(2,3)16(22)23-8-20-14-11(6-9(18)7-12(14)19)10-4-5-13(21)15(10)20;1-2-4-5-3-1/h9-10H,7-8,11H2,1-6H3;6-7H,4-5,8H2,1-3H3;1-4H2. The van der Waals surface area contributed by atoms with Crippen molar-refractivity contribution in [1.82, 2.24) is 9.13 Å². The average Bonchev–Trinajstić information content (AvgIpc) is 3.92. The number of benzene rings is 2. The number of hydrogen-bond donors (Lipinski definition) is 0. The summed E-state index contributed by atoms with van der Waals surface area (Å²) in [6, 6.07) is 6.51. The second-order valence-electron chi connectivity index (χ2n) is 18.0. The number of halogens is 7. The van der Waals surface area contributed by atoms with Crippen molar-refractivity contribution >= 4 is 94.2 Å². The third-order valence-electron chi connectivity index (χ3n) is 9.97. The minimum atomic E-state index is -4.67. The van der Waals surface area contributed by atoms with E-state index in [2.05, 4.69) is 0 Å².